The van der Waals surface area contributed by atoms with Crippen LogP contribution in [0.5, 0.6) is 11.5 Å². The Labute approximate surface area is 177 Å². The number of nitrogens with one attached hydrogen (secondary N) is 1. The summed E-state index contributed by atoms with van der Waals surface area (Å²) in [7, 11) is 4.92. The fraction of sp³-hybridized carbons (Fsp3) is 0.238. The van der Waals surface area contributed by atoms with Crippen molar-refractivity contribution in [1.82, 2.24) is 14.9 Å². The molecule has 0 aliphatic heterocycles. The molecule has 0 saturated heterocycles. The SMILES string of the molecule is COc1cc(OC)cc(C(NC(=O)CSc2ccc(F)c(F)c2)c2nccn2C)c1. The molecule has 1 N–H and O–H groups in total. The highest BCUT2D eigenvalue weighted by Gasteiger charge is 2.22. The van der Waals surface area contributed by atoms with Gasteiger partial charge in [0.1, 0.15) is 23.4 Å². The van der Waals surface area contributed by atoms with Gasteiger partial charge in [0.15, 0.2) is 11.6 Å². The van der Waals surface area contributed by atoms with E-state index in [-0.39, 0.29) is 11.7 Å². The largest absolute Gasteiger partial charge is 0.497 e. The van der Waals surface area contributed by atoms with Gasteiger partial charge in [-0.05, 0) is 35.9 Å². The molecule has 1 amide bonds. The number of hydrogen-bond acceptors (Lipinski definition) is 5. The van der Waals surface area contributed by atoms with Crippen LogP contribution >= 0.6 is 11.8 Å². The Morgan fingerprint density at radius 3 is 2.40 bits per heavy atom. The molecule has 1 atom stereocenters. The Morgan fingerprint density at radius 1 is 1.13 bits per heavy atom. The number of nitrogens with zero attached hydrogens (tertiary/aromatic N) is 2. The first-order chi connectivity index (χ1) is 14.4. The smallest absolute Gasteiger partial charge is 0.231 e. The van der Waals surface area contributed by atoms with Gasteiger partial charge < -0.3 is 19.4 Å². The maximum atomic E-state index is 13.4. The molecule has 0 aliphatic rings. The lowest BCUT2D eigenvalue weighted by Gasteiger charge is -2.20. The summed E-state index contributed by atoms with van der Waals surface area (Å²) in [6, 6.07) is 8.30. The highest BCUT2D eigenvalue weighted by molar-refractivity contribution is 8.00. The highest BCUT2D eigenvalue weighted by atomic mass is 32.2. The maximum Gasteiger partial charge on any atom is 0.231 e. The third kappa shape index (κ3) is 5.10. The van der Waals surface area contributed by atoms with Crippen LogP contribution in [0, 0.1) is 11.6 Å². The van der Waals surface area contributed by atoms with Crippen molar-refractivity contribution < 1.29 is 23.0 Å². The Kier molecular flexibility index (Phi) is 6.94. The number of hydrogen-bond donors (Lipinski definition) is 1. The highest BCUT2D eigenvalue weighted by Crippen LogP contribution is 2.30. The normalized spacial score (nSPS) is 11.8. The van der Waals surface area contributed by atoms with Crippen molar-refractivity contribution in [2.45, 2.75) is 10.9 Å². The topological polar surface area (TPSA) is 65.4 Å². The van der Waals surface area contributed by atoms with Crippen molar-refractivity contribution in [3.05, 3.63) is 71.8 Å². The summed E-state index contributed by atoms with van der Waals surface area (Å²) in [5.74, 6) is -0.369. The second kappa shape index (κ2) is 9.62. The van der Waals surface area contributed by atoms with E-state index in [2.05, 4.69) is 10.3 Å². The number of benzene rings is 2. The third-order valence-electron chi connectivity index (χ3n) is 4.39. The van der Waals surface area contributed by atoms with Gasteiger partial charge in [-0.2, -0.15) is 0 Å². The van der Waals surface area contributed by atoms with Crippen LogP contribution in [0.3, 0.4) is 0 Å². The van der Waals surface area contributed by atoms with Crippen molar-refractivity contribution in [3.63, 3.8) is 0 Å². The monoisotopic (exact) mass is 433 g/mol. The van der Waals surface area contributed by atoms with Crippen LogP contribution in [-0.4, -0.2) is 35.4 Å². The molecule has 6 nitrogen and oxygen atoms in total. The Balaban J connectivity index is 1.82. The summed E-state index contributed by atoms with van der Waals surface area (Å²) in [6.07, 6.45) is 3.42. The van der Waals surface area contributed by atoms with Gasteiger partial charge in [-0.25, -0.2) is 13.8 Å². The molecule has 2 aromatic carbocycles. The number of rotatable bonds is 8. The zero-order chi connectivity index (χ0) is 21.7. The summed E-state index contributed by atoms with van der Waals surface area (Å²) in [5.41, 5.74) is 0.728. The van der Waals surface area contributed by atoms with E-state index < -0.39 is 17.7 Å². The first kappa shape index (κ1) is 21.6. The van der Waals surface area contributed by atoms with Crippen LogP contribution in [0.1, 0.15) is 17.4 Å². The summed E-state index contributed by atoms with van der Waals surface area (Å²) in [6.45, 7) is 0. The second-order valence-electron chi connectivity index (χ2n) is 6.41. The van der Waals surface area contributed by atoms with Crippen molar-refractivity contribution in [3.8, 4) is 11.5 Å². The van der Waals surface area contributed by atoms with Gasteiger partial charge in [0.05, 0.1) is 20.0 Å². The third-order valence-corrected chi connectivity index (χ3v) is 5.38. The quantitative estimate of drug-likeness (QED) is 0.549. The van der Waals surface area contributed by atoms with E-state index in [9.17, 15) is 13.6 Å². The van der Waals surface area contributed by atoms with E-state index in [4.69, 9.17) is 9.47 Å². The number of ether oxygens (including phenoxy) is 2. The Bertz CT molecular complexity index is 1020. The molecule has 3 rings (SSSR count). The number of imidazole rings is 1. The zero-order valence-corrected chi connectivity index (χ0v) is 17.5. The van der Waals surface area contributed by atoms with Gasteiger partial charge in [0.2, 0.25) is 5.91 Å². The number of halogens is 2. The molecule has 0 aliphatic carbocycles. The standard InChI is InChI=1S/C21H21F2N3O3S/c1-26-7-6-24-21(26)20(13-8-14(28-2)10-15(9-13)29-3)25-19(27)12-30-16-4-5-17(22)18(23)11-16/h4-11,20H,12H2,1-3H3,(H,25,27). The van der Waals surface area contributed by atoms with E-state index in [0.29, 0.717) is 22.2 Å². The van der Waals surface area contributed by atoms with Gasteiger partial charge in [-0.3, -0.25) is 4.79 Å². The van der Waals surface area contributed by atoms with Crippen LogP contribution in [0.25, 0.3) is 0 Å². The molecule has 1 heterocycles. The first-order valence-corrected chi connectivity index (χ1v) is 9.97. The summed E-state index contributed by atoms with van der Waals surface area (Å²) < 4.78 is 38.9. The second-order valence-corrected chi connectivity index (χ2v) is 7.46. The molecule has 0 bridgehead atoms. The summed E-state index contributed by atoms with van der Waals surface area (Å²) >= 11 is 1.11. The minimum Gasteiger partial charge on any atom is -0.497 e. The Hall–Kier alpha value is -3.07. The lowest BCUT2D eigenvalue weighted by molar-refractivity contribution is -0.119. The number of carbonyl (C=O) groups excluding carboxylic acids is 1. The molecular formula is C21H21F2N3O3S. The lowest BCUT2D eigenvalue weighted by atomic mass is 10.0. The van der Waals surface area contributed by atoms with Gasteiger partial charge in [-0.15, -0.1) is 11.8 Å². The van der Waals surface area contributed by atoms with E-state index in [1.54, 1.807) is 49.4 Å². The molecule has 9 heteroatoms. The van der Waals surface area contributed by atoms with Gasteiger partial charge in [0, 0.05) is 30.4 Å². The average molecular weight is 433 g/mol. The molecule has 0 fully saturated rings. The van der Waals surface area contributed by atoms with E-state index in [1.165, 1.54) is 6.07 Å². The molecular weight excluding hydrogens is 412 g/mol. The van der Waals surface area contributed by atoms with E-state index in [0.717, 1.165) is 29.5 Å². The minimum atomic E-state index is -0.949. The van der Waals surface area contributed by atoms with Crippen LogP contribution in [0.4, 0.5) is 8.78 Å². The summed E-state index contributed by atoms with van der Waals surface area (Å²) in [5, 5.41) is 2.95. The fourth-order valence-electron chi connectivity index (χ4n) is 2.87. The average Bonchev–Trinajstić information content (AvgIpc) is 3.17. The fourth-order valence-corrected chi connectivity index (χ4v) is 3.60. The number of thioether (sulfide) groups is 1. The minimum absolute atomic E-state index is 0.0209. The van der Waals surface area contributed by atoms with E-state index in [1.807, 2.05) is 7.05 Å². The van der Waals surface area contributed by atoms with Crippen molar-refractivity contribution >= 4 is 17.7 Å². The zero-order valence-electron chi connectivity index (χ0n) is 16.7. The number of amides is 1. The van der Waals surface area contributed by atoms with Gasteiger partial charge >= 0.3 is 0 Å². The van der Waals surface area contributed by atoms with Gasteiger partial charge in [-0.1, -0.05) is 0 Å². The van der Waals surface area contributed by atoms with Crippen LogP contribution in [0.15, 0.2) is 53.7 Å². The van der Waals surface area contributed by atoms with Crippen molar-refractivity contribution in [2.24, 2.45) is 7.05 Å². The molecule has 30 heavy (non-hydrogen) atoms. The predicted octanol–water partition coefficient (Wildman–Crippen LogP) is 3.71. The van der Waals surface area contributed by atoms with Gasteiger partial charge in [0.25, 0.3) is 0 Å². The van der Waals surface area contributed by atoms with Crippen molar-refractivity contribution in [2.75, 3.05) is 20.0 Å². The molecule has 0 saturated carbocycles. The van der Waals surface area contributed by atoms with Crippen LogP contribution < -0.4 is 14.8 Å². The first-order valence-electron chi connectivity index (χ1n) is 8.98. The predicted molar refractivity (Wildman–Crippen MR) is 110 cm³/mol. The molecule has 1 unspecified atom stereocenters. The van der Waals surface area contributed by atoms with E-state index >= 15 is 0 Å². The van der Waals surface area contributed by atoms with Crippen molar-refractivity contribution in [1.29, 1.82) is 0 Å². The number of methoxy groups -OCH3 is 2. The molecule has 158 valence electrons. The molecule has 0 spiro atoms. The molecule has 3 aromatic rings. The Morgan fingerprint density at radius 2 is 1.83 bits per heavy atom. The molecule has 1 aromatic heterocycles. The number of aryl methyl sites for hydroxylation is 1. The number of aromatic nitrogens is 2. The lowest BCUT2D eigenvalue weighted by Crippen LogP contribution is -2.32. The number of carbonyl (C=O) groups is 1. The van der Waals surface area contributed by atoms with Crippen LogP contribution in [-0.2, 0) is 11.8 Å². The maximum absolute atomic E-state index is 13.4. The van der Waals surface area contributed by atoms with Crippen LogP contribution in [0.2, 0.25) is 0 Å². The summed E-state index contributed by atoms with van der Waals surface area (Å²) in [4.78, 5) is 17.5. The molecule has 0 radical (unpaired) electrons.